The van der Waals surface area contributed by atoms with Gasteiger partial charge in [0.25, 0.3) is 0 Å². The van der Waals surface area contributed by atoms with Gasteiger partial charge in [-0.05, 0) is 29.7 Å². The van der Waals surface area contributed by atoms with Crippen LogP contribution in [0.4, 0.5) is 20.4 Å². The lowest BCUT2D eigenvalue weighted by Gasteiger charge is -2.17. The number of halogens is 2. The van der Waals surface area contributed by atoms with E-state index in [1.54, 1.807) is 22.9 Å². The first kappa shape index (κ1) is 23.2. The molecule has 0 fully saturated rings. The number of benzene rings is 2. The molecule has 0 aliphatic carbocycles. The summed E-state index contributed by atoms with van der Waals surface area (Å²) >= 11 is 0. The fourth-order valence-electron chi connectivity index (χ4n) is 3.46. The van der Waals surface area contributed by atoms with Gasteiger partial charge in [-0.25, -0.2) is 0 Å². The predicted octanol–water partition coefficient (Wildman–Crippen LogP) is 5.16. The van der Waals surface area contributed by atoms with E-state index in [0.29, 0.717) is 30.2 Å². The fraction of sp³-hybridized carbons (Fsp3) is 0.333. The first-order valence-corrected chi connectivity index (χ1v) is 10.6. The average molecular weight is 443 g/mol. The second-order valence-electron chi connectivity index (χ2n) is 7.06. The molecule has 2 heterocycles. The second-order valence-corrected chi connectivity index (χ2v) is 7.06. The Labute approximate surface area is 185 Å². The van der Waals surface area contributed by atoms with Gasteiger partial charge in [-0.15, -0.1) is 0 Å². The van der Waals surface area contributed by atoms with Crippen molar-refractivity contribution in [2.24, 2.45) is 0 Å². The Morgan fingerprint density at radius 2 is 1.94 bits per heavy atom. The molecule has 1 aromatic heterocycles. The van der Waals surface area contributed by atoms with Gasteiger partial charge in [-0.1, -0.05) is 51.1 Å². The highest BCUT2D eigenvalue weighted by atomic mass is 19.3. The third kappa shape index (κ3) is 5.07. The Kier molecular flexibility index (Phi) is 7.12. The molecule has 0 saturated carbocycles. The third-order valence-electron chi connectivity index (χ3n) is 4.95. The number of nitrogens with zero attached hydrogens (tertiary/aromatic N) is 2. The third-order valence-corrected chi connectivity index (χ3v) is 4.95. The van der Waals surface area contributed by atoms with Crippen LogP contribution in [0, 0.1) is 0 Å². The van der Waals surface area contributed by atoms with E-state index < -0.39 is 18.1 Å². The van der Waals surface area contributed by atoms with E-state index in [2.05, 4.69) is 10.3 Å². The van der Waals surface area contributed by atoms with E-state index in [0.717, 1.165) is 11.1 Å². The minimum absolute atomic E-state index is 0.120. The first-order valence-electron chi connectivity index (χ1n) is 10.6. The SMILES string of the molecule is CC.CCc1cc2c(cc1Nc1nc(=O)c(OC)cn1Cc1ccccc1)CC(F)(F)O2. The van der Waals surface area contributed by atoms with E-state index in [-0.39, 0.29) is 11.5 Å². The number of nitrogens with one attached hydrogen (secondary N) is 1. The van der Waals surface area contributed by atoms with Gasteiger partial charge in [0.15, 0.2) is 0 Å². The van der Waals surface area contributed by atoms with Crippen LogP contribution in [0.2, 0.25) is 0 Å². The summed E-state index contributed by atoms with van der Waals surface area (Å²) in [5.41, 5.74) is 2.29. The molecule has 2 aromatic carbocycles. The van der Waals surface area contributed by atoms with E-state index in [9.17, 15) is 13.6 Å². The van der Waals surface area contributed by atoms with Crippen molar-refractivity contribution in [3.63, 3.8) is 0 Å². The molecule has 3 aromatic rings. The van der Waals surface area contributed by atoms with Crippen LogP contribution in [0.5, 0.6) is 11.5 Å². The van der Waals surface area contributed by atoms with Crippen molar-refractivity contribution in [2.45, 2.75) is 46.3 Å². The van der Waals surface area contributed by atoms with Crippen LogP contribution in [-0.2, 0) is 19.4 Å². The van der Waals surface area contributed by atoms with Gasteiger partial charge in [-0.2, -0.15) is 13.8 Å². The van der Waals surface area contributed by atoms with Crippen molar-refractivity contribution in [3.8, 4) is 11.5 Å². The highest BCUT2D eigenvalue weighted by Crippen LogP contribution is 2.40. The van der Waals surface area contributed by atoms with Gasteiger partial charge >= 0.3 is 11.7 Å². The van der Waals surface area contributed by atoms with Crippen LogP contribution in [0.25, 0.3) is 0 Å². The van der Waals surface area contributed by atoms with E-state index in [1.165, 1.54) is 7.11 Å². The summed E-state index contributed by atoms with van der Waals surface area (Å²) in [4.78, 5) is 16.4. The number of alkyl halides is 2. The predicted molar refractivity (Wildman–Crippen MR) is 120 cm³/mol. The lowest BCUT2D eigenvalue weighted by atomic mass is 10.0. The van der Waals surface area contributed by atoms with Crippen LogP contribution in [-0.4, -0.2) is 22.8 Å². The number of anilines is 2. The molecular weight excluding hydrogens is 416 g/mol. The highest BCUT2D eigenvalue weighted by molar-refractivity contribution is 5.64. The number of aromatic nitrogens is 2. The van der Waals surface area contributed by atoms with Gasteiger partial charge in [0, 0.05) is 11.3 Å². The molecule has 4 rings (SSSR count). The van der Waals surface area contributed by atoms with Crippen LogP contribution < -0.4 is 20.3 Å². The smallest absolute Gasteiger partial charge is 0.402 e. The number of hydrogen-bond donors (Lipinski definition) is 1. The molecule has 32 heavy (non-hydrogen) atoms. The normalized spacial score (nSPS) is 13.4. The van der Waals surface area contributed by atoms with Gasteiger partial charge in [-0.3, -0.25) is 4.79 Å². The van der Waals surface area contributed by atoms with E-state index in [1.807, 2.05) is 51.1 Å². The van der Waals surface area contributed by atoms with Gasteiger partial charge in [0.05, 0.1) is 26.3 Å². The maximum atomic E-state index is 13.7. The molecule has 6 nitrogen and oxygen atoms in total. The van der Waals surface area contributed by atoms with Crippen LogP contribution >= 0.6 is 0 Å². The highest BCUT2D eigenvalue weighted by Gasteiger charge is 2.40. The summed E-state index contributed by atoms with van der Waals surface area (Å²) in [6.45, 7) is 6.36. The van der Waals surface area contributed by atoms with E-state index >= 15 is 0 Å². The number of fused-ring (bicyclic) bond motifs is 1. The number of aryl methyl sites for hydroxylation is 1. The molecule has 0 bridgehead atoms. The zero-order valence-electron chi connectivity index (χ0n) is 18.6. The van der Waals surface area contributed by atoms with Crippen molar-refractivity contribution in [3.05, 3.63) is 75.7 Å². The van der Waals surface area contributed by atoms with Crippen LogP contribution in [0.15, 0.2) is 53.5 Å². The van der Waals surface area contributed by atoms with Crippen molar-refractivity contribution in [1.29, 1.82) is 0 Å². The van der Waals surface area contributed by atoms with Crippen LogP contribution in [0.3, 0.4) is 0 Å². The zero-order chi connectivity index (χ0) is 23.3. The maximum absolute atomic E-state index is 13.7. The minimum atomic E-state index is -3.21. The Hall–Kier alpha value is -3.42. The molecule has 0 unspecified atom stereocenters. The fourth-order valence-corrected chi connectivity index (χ4v) is 3.46. The standard InChI is InChI=1S/C22H21F2N3O3.C2H6/c1-3-15-10-18-16(11-22(23,24)30-18)9-17(15)25-21-26-20(28)19(29-2)13-27(21)12-14-7-5-4-6-8-14;1-2/h4-10,13H,3,11-12H2,1-2H3,(H,25,26,28);1-2H3. The summed E-state index contributed by atoms with van der Waals surface area (Å²) in [6.07, 6.45) is -1.53. The summed E-state index contributed by atoms with van der Waals surface area (Å²) in [6, 6.07) is 12.9. The first-order chi connectivity index (χ1) is 15.4. The molecule has 0 spiro atoms. The quantitative estimate of drug-likeness (QED) is 0.570. The van der Waals surface area contributed by atoms with E-state index in [4.69, 9.17) is 9.47 Å². The molecule has 0 amide bonds. The summed E-state index contributed by atoms with van der Waals surface area (Å²) in [5, 5.41) is 3.16. The van der Waals surface area contributed by atoms with Gasteiger partial charge in [0.1, 0.15) is 5.75 Å². The lowest BCUT2D eigenvalue weighted by Crippen LogP contribution is -2.20. The number of rotatable bonds is 6. The van der Waals surface area contributed by atoms with Crippen molar-refractivity contribution < 1.29 is 18.3 Å². The molecule has 1 N–H and O–H groups in total. The number of hydrogen-bond acceptors (Lipinski definition) is 5. The molecule has 1 aliphatic rings. The van der Waals surface area contributed by atoms with Gasteiger partial charge in [0.2, 0.25) is 11.7 Å². The van der Waals surface area contributed by atoms with Crippen molar-refractivity contribution in [2.75, 3.05) is 12.4 Å². The average Bonchev–Trinajstić information content (AvgIpc) is 3.09. The molecule has 0 radical (unpaired) electrons. The minimum Gasteiger partial charge on any atom is -0.490 e. The molecule has 8 heteroatoms. The lowest BCUT2D eigenvalue weighted by molar-refractivity contribution is -0.159. The molecule has 0 saturated heterocycles. The van der Waals surface area contributed by atoms with Crippen LogP contribution in [0.1, 0.15) is 37.5 Å². The topological polar surface area (TPSA) is 65.4 Å². The van der Waals surface area contributed by atoms with Gasteiger partial charge < -0.3 is 19.4 Å². The largest absolute Gasteiger partial charge is 0.490 e. The summed E-state index contributed by atoms with van der Waals surface area (Å²) < 4.78 is 39.0. The summed E-state index contributed by atoms with van der Waals surface area (Å²) in [7, 11) is 1.41. The number of ether oxygens (including phenoxy) is 2. The Morgan fingerprint density at radius 3 is 2.59 bits per heavy atom. The maximum Gasteiger partial charge on any atom is 0.402 e. The van der Waals surface area contributed by atoms with Crippen molar-refractivity contribution >= 4 is 11.6 Å². The second kappa shape index (κ2) is 9.80. The molecular formula is C24H27F2N3O3. The zero-order valence-corrected chi connectivity index (χ0v) is 18.6. The number of methoxy groups -OCH3 is 1. The molecule has 1 aliphatic heterocycles. The molecule has 170 valence electrons. The monoisotopic (exact) mass is 443 g/mol. The summed E-state index contributed by atoms with van der Waals surface area (Å²) in [5.74, 6) is 0.603. The Balaban J connectivity index is 0.00000141. The Bertz CT molecular complexity index is 1130. The Morgan fingerprint density at radius 1 is 1.22 bits per heavy atom. The van der Waals surface area contributed by atoms with Crippen molar-refractivity contribution in [1.82, 2.24) is 9.55 Å². The molecule has 0 atom stereocenters.